The molecule has 1 N–H and O–H groups in total. The molecule has 2 heterocycles. The molecule has 4 aliphatic rings. The summed E-state index contributed by atoms with van der Waals surface area (Å²) in [5.74, 6) is -0.721. The summed E-state index contributed by atoms with van der Waals surface area (Å²) >= 11 is 0. The molecule has 0 spiro atoms. The van der Waals surface area contributed by atoms with Crippen LogP contribution in [0.4, 0.5) is 5.69 Å². The van der Waals surface area contributed by atoms with E-state index in [1.807, 2.05) is 10.9 Å². The average molecular weight is 371 g/mol. The number of rotatable bonds is 4. The summed E-state index contributed by atoms with van der Waals surface area (Å²) in [7, 11) is 1.21. The van der Waals surface area contributed by atoms with Crippen molar-refractivity contribution in [3.05, 3.63) is 34.0 Å². The Morgan fingerprint density at radius 3 is 2.59 bits per heavy atom. The molecule has 1 aliphatic heterocycles. The molecule has 2 bridgehead atoms. The Bertz CT molecular complexity index is 942. The highest BCUT2D eigenvalue weighted by Crippen LogP contribution is 2.67. The predicted molar refractivity (Wildman–Crippen MR) is 96.7 cm³/mol. The molecule has 1 aromatic heterocycles. The number of nitro groups is 1. The van der Waals surface area contributed by atoms with Gasteiger partial charge in [0.1, 0.15) is 5.56 Å². The third-order valence-electron chi connectivity index (χ3n) is 6.47. The van der Waals surface area contributed by atoms with E-state index in [2.05, 4.69) is 20.1 Å². The van der Waals surface area contributed by atoms with Crippen LogP contribution in [0.2, 0.25) is 0 Å². The zero-order valence-corrected chi connectivity index (χ0v) is 15.1. The SMILES string of the molecule is COC(=O)c1cc2nn(C34CC(N5CCNCC5)(C3)C4)cc2cc1[N+](=O)[O-]. The highest BCUT2D eigenvalue weighted by Gasteiger charge is 2.71. The molecule has 3 saturated carbocycles. The van der Waals surface area contributed by atoms with E-state index < -0.39 is 10.9 Å². The van der Waals surface area contributed by atoms with Crippen molar-refractivity contribution < 1.29 is 14.5 Å². The zero-order valence-electron chi connectivity index (χ0n) is 15.1. The van der Waals surface area contributed by atoms with E-state index in [0.717, 1.165) is 45.4 Å². The summed E-state index contributed by atoms with van der Waals surface area (Å²) in [6.45, 7) is 4.26. The molecule has 0 radical (unpaired) electrons. The number of hydrogen-bond acceptors (Lipinski definition) is 7. The number of nitrogens with zero attached hydrogens (tertiary/aromatic N) is 4. The Hall–Kier alpha value is -2.52. The fourth-order valence-corrected chi connectivity index (χ4v) is 5.13. The van der Waals surface area contributed by atoms with Crippen molar-refractivity contribution in [1.82, 2.24) is 20.0 Å². The van der Waals surface area contributed by atoms with Crippen LogP contribution in [0, 0.1) is 10.1 Å². The van der Waals surface area contributed by atoms with Crippen LogP contribution in [0.3, 0.4) is 0 Å². The maximum atomic E-state index is 11.9. The van der Waals surface area contributed by atoms with Crippen LogP contribution in [-0.4, -0.2) is 64.4 Å². The second-order valence-electron chi connectivity index (χ2n) is 7.97. The van der Waals surface area contributed by atoms with Gasteiger partial charge in [-0.1, -0.05) is 0 Å². The average Bonchev–Trinajstić information content (AvgIpc) is 3.01. The Balaban J connectivity index is 1.45. The maximum Gasteiger partial charge on any atom is 0.344 e. The number of aromatic nitrogens is 2. The second kappa shape index (κ2) is 5.49. The van der Waals surface area contributed by atoms with E-state index in [1.54, 1.807) is 0 Å². The van der Waals surface area contributed by atoms with Crippen LogP contribution in [0.25, 0.3) is 10.9 Å². The number of benzene rings is 1. The molecule has 2 aromatic rings. The summed E-state index contributed by atoms with van der Waals surface area (Å²) in [6.07, 6.45) is 5.09. The van der Waals surface area contributed by atoms with Crippen LogP contribution in [0.15, 0.2) is 18.3 Å². The Morgan fingerprint density at radius 1 is 1.26 bits per heavy atom. The predicted octanol–water partition coefficient (Wildman–Crippen LogP) is 1.27. The van der Waals surface area contributed by atoms with Crippen molar-refractivity contribution in [1.29, 1.82) is 0 Å². The van der Waals surface area contributed by atoms with Crippen molar-refractivity contribution in [3.8, 4) is 0 Å². The van der Waals surface area contributed by atoms with Crippen molar-refractivity contribution in [2.75, 3.05) is 33.3 Å². The molecule has 0 unspecified atom stereocenters. The lowest BCUT2D eigenvalue weighted by Crippen LogP contribution is -2.80. The van der Waals surface area contributed by atoms with Gasteiger partial charge in [-0.05, 0) is 25.3 Å². The third kappa shape index (κ3) is 2.24. The monoisotopic (exact) mass is 371 g/mol. The van der Waals surface area contributed by atoms with Crippen LogP contribution < -0.4 is 5.32 Å². The highest BCUT2D eigenvalue weighted by atomic mass is 16.6. The van der Waals surface area contributed by atoms with E-state index >= 15 is 0 Å². The van der Waals surface area contributed by atoms with Crippen LogP contribution in [0.5, 0.6) is 0 Å². The number of ether oxygens (including phenoxy) is 1. The van der Waals surface area contributed by atoms with Gasteiger partial charge in [-0.2, -0.15) is 5.10 Å². The zero-order chi connectivity index (χ0) is 18.8. The molecule has 4 fully saturated rings. The van der Waals surface area contributed by atoms with Crippen LogP contribution >= 0.6 is 0 Å². The standard InChI is InChI=1S/C18H21N5O4/c1-27-16(24)13-7-14-12(6-15(13)23(25)26)8-22(20-14)18-9-17(10-18,11-18)21-4-2-19-3-5-21/h6-8,19H,2-5,9-11H2,1H3. The summed E-state index contributed by atoms with van der Waals surface area (Å²) in [5.41, 5.74) is 0.605. The minimum Gasteiger partial charge on any atom is -0.465 e. The van der Waals surface area contributed by atoms with Crippen LogP contribution in [-0.2, 0) is 10.3 Å². The number of fused-ring (bicyclic) bond motifs is 1. The summed E-state index contributed by atoms with van der Waals surface area (Å²) in [6, 6.07) is 2.88. The molecule has 1 saturated heterocycles. The lowest BCUT2D eigenvalue weighted by atomic mass is 9.43. The minimum absolute atomic E-state index is 0.0180. The largest absolute Gasteiger partial charge is 0.465 e. The number of piperazine rings is 1. The van der Waals surface area contributed by atoms with Gasteiger partial charge < -0.3 is 10.1 Å². The van der Waals surface area contributed by atoms with Gasteiger partial charge in [0.25, 0.3) is 5.69 Å². The number of esters is 1. The Labute approximate surface area is 155 Å². The molecule has 1 aromatic carbocycles. The first kappa shape index (κ1) is 16.6. The smallest absolute Gasteiger partial charge is 0.344 e. The summed E-state index contributed by atoms with van der Waals surface area (Å²) in [4.78, 5) is 25.3. The Morgan fingerprint density at radius 2 is 1.96 bits per heavy atom. The number of carbonyl (C=O) groups is 1. The third-order valence-corrected chi connectivity index (χ3v) is 6.47. The van der Waals surface area contributed by atoms with E-state index in [0.29, 0.717) is 16.4 Å². The molecule has 0 amide bonds. The highest BCUT2D eigenvalue weighted by molar-refractivity contribution is 5.99. The summed E-state index contributed by atoms with van der Waals surface area (Å²) < 4.78 is 6.65. The number of methoxy groups -OCH3 is 1. The maximum absolute atomic E-state index is 11.9. The van der Waals surface area contributed by atoms with Gasteiger partial charge in [0, 0.05) is 49.4 Å². The Kier molecular flexibility index (Phi) is 3.38. The molecule has 142 valence electrons. The molecule has 9 nitrogen and oxygen atoms in total. The van der Waals surface area contributed by atoms with Gasteiger partial charge in [0.15, 0.2) is 0 Å². The number of nitrogens with one attached hydrogen (secondary N) is 1. The fourth-order valence-electron chi connectivity index (χ4n) is 5.13. The van der Waals surface area contributed by atoms with Gasteiger partial charge in [-0.3, -0.25) is 19.7 Å². The first-order chi connectivity index (χ1) is 13.0. The number of hydrogen-bond donors (Lipinski definition) is 1. The fraction of sp³-hybridized carbons (Fsp3) is 0.556. The lowest BCUT2D eigenvalue weighted by molar-refractivity contribution is -0.385. The molecule has 0 atom stereocenters. The van der Waals surface area contributed by atoms with Crippen molar-refractivity contribution in [3.63, 3.8) is 0 Å². The minimum atomic E-state index is -0.721. The van der Waals surface area contributed by atoms with E-state index in [4.69, 9.17) is 0 Å². The topological polar surface area (TPSA) is 103 Å². The van der Waals surface area contributed by atoms with E-state index in [-0.39, 0.29) is 16.8 Å². The normalized spacial score (nSPS) is 29.8. The van der Waals surface area contributed by atoms with Crippen LogP contribution in [0.1, 0.15) is 29.6 Å². The van der Waals surface area contributed by atoms with Gasteiger partial charge in [-0.15, -0.1) is 0 Å². The van der Waals surface area contributed by atoms with Gasteiger partial charge in [-0.25, -0.2) is 4.79 Å². The first-order valence-electron chi connectivity index (χ1n) is 9.19. The molecular formula is C18H21N5O4. The second-order valence-corrected chi connectivity index (χ2v) is 7.97. The van der Waals surface area contributed by atoms with E-state index in [9.17, 15) is 14.9 Å². The quantitative estimate of drug-likeness (QED) is 0.490. The van der Waals surface area contributed by atoms with Gasteiger partial charge in [0.05, 0.1) is 23.1 Å². The number of carbonyl (C=O) groups excluding carboxylic acids is 1. The molecule has 9 heteroatoms. The molecule has 3 aliphatic carbocycles. The van der Waals surface area contributed by atoms with Gasteiger partial charge in [0.2, 0.25) is 0 Å². The molecule has 27 heavy (non-hydrogen) atoms. The molecular weight excluding hydrogens is 350 g/mol. The van der Waals surface area contributed by atoms with Gasteiger partial charge >= 0.3 is 5.97 Å². The first-order valence-corrected chi connectivity index (χ1v) is 9.19. The van der Waals surface area contributed by atoms with Crippen molar-refractivity contribution in [2.24, 2.45) is 0 Å². The van der Waals surface area contributed by atoms with E-state index in [1.165, 1.54) is 19.2 Å². The summed E-state index contributed by atoms with van der Waals surface area (Å²) in [5, 5.41) is 20.1. The molecule has 6 rings (SSSR count). The van der Waals surface area contributed by atoms with Crippen molar-refractivity contribution >= 4 is 22.6 Å². The van der Waals surface area contributed by atoms with Crippen molar-refractivity contribution in [2.45, 2.75) is 30.3 Å². The lowest BCUT2D eigenvalue weighted by Gasteiger charge is -2.74. The number of nitro benzene ring substituents is 1.